The molecule has 2 fully saturated rings. The van der Waals surface area contributed by atoms with Crippen LogP contribution in [0, 0.1) is 5.92 Å². The molecule has 10 heteroatoms. The molecular weight excluding hydrogens is 466 g/mol. The Labute approximate surface area is 208 Å². The van der Waals surface area contributed by atoms with Gasteiger partial charge in [-0.3, -0.25) is 24.2 Å². The third-order valence-corrected chi connectivity index (χ3v) is 7.68. The van der Waals surface area contributed by atoms with Gasteiger partial charge >= 0.3 is 0 Å². The third kappa shape index (κ3) is 6.05. The molecule has 2 aromatic rings. The van der Waals surface area contributed by atoms with E-state index in [-0.39, 0.29) is 31.4 Å². The minimum Gasteiger partial charge on any atom is -0.368 e. The van der Waals surface area contributed by atoms with Gasteiger partial charge in [-0.25, -0.2) is 0 Å². The van der Waals surface area contributed by atoms with Crippen LogP contribution in [0.4, 0.5) is 0 Å². The first-order valence-corrected chi connectivity index (χ1v) is 13.0. The molecule has 35 heavy (non-hydrogen) atoms. The van der Waals surface area contributed by atoms with Crippen molar-refractivity contribution in [2.24, 2.45) is 11.7 Å². The van der Waals surface area contributed by atoms with Crippen molar-refractivity contribution in [3.63, 3.8) is 0 Å². The zero-order valence-corrected chi connectivity index (χ0v) is 20.4. The quantitative estimate of drug-likeness (QED) is 0.606. The maximum atomic E-state index is 13.5. The van der Waals surface area contributed by atoms with E-state index in [2.05, 4.69) is 10.3 Å². The van der Waals surface area contributed by atoms with Gasteiger partial charge in [-0.1, -0.05) is 38.2 Å². The van der Waals surface area contributed by atoms with Gasteiger partial charge in [0, 0.05) is 25.5 Å². The van der Waals surface area contributed by atoms with Crippen LogP contribution in [0.2, 0.25) is 0 Å². The van der Waals surface area contributed by atoms with Crippen LogP contribution >= 0.6 is 11.3 Å². The number of piperazine rings is 1. The van der Waals surface area contributed by atoms with Crippen LogP contribution in [0.1, 0.15) is 58.6 Å². The fraction of sp³-hybridized carbons (Fsp3) is 0.480. The average molecular weight is 498 g/mol. The molecule has 0 aromatic carbocycles. The Bertz CT molecular complexity index is 1040. The molecule has 2 aliphatic rings. The van der Waals surface area contributed by atoms with E-state index in [1.807, 2.05) is 0 Å². The molecule has 0 radical (unpaired) electrons. The van der Waals surface area contributed by atoms with Gasteiger partial charge in [0.1, 0.15) is 12.1 Å². The lowest BCUT2D eigenvalue weighted by Crippen LogP contribution is -2.63. The van der Waals surface area contributed by atoms with Crippen LogP contribution in [0.25, 0.3) is 0 Å². The number of hydrogen-bond donors (Lipinski definition) is 2. The summed E-state index contributed by atoms with van der Waals surface area (Å²) in [6, 6.07) is 5.09. The summed E-state index contributed by atoms with van der Waals surface area (Å²) in [6.07, 6.45) is 8.99. The number of carbonyl (C=O) groups is 4. The van der Waals surface area contributed by atoms with Crippen molar-refractivity contribution in [3.05, 3.63) is 52.5 Å². The number of amides is 4. The second kappa shape index (κ2) is 11.4. The second-order valence-corrected chi connectivity index (χ2v) is 10.1. The van der Waals surface area contributed by atoms with E-state index in [4.69, 9.17) is 5.73 Å². The number of nitrogens with one attached hydrogen (secondary N) is 1. The molecule has 0 unspecified atom stereocenters. The molecule has 4 rings (SSSR count). The van der Waals surface area contributed by atoms with E-state index >= 15 is 0 Å². The third-order valence-electron chi connectivity index (χ3n) is 6.83. The fourth-order valence-electron chi connectivity index (χ4n) is 4.92. The van der Waals surface area contributed by atoms with Gasteiger partial charge in [0.25, 0.3) is 11.8 Å². The molecular formula is C25H31N5O4S. The first kappa shape index (κ1) is 24.8. The summed E-state index contributed by atoms with van der Waals surface area (Å²) in [5.74, 6) is -1.25. The average Bonchev–Trinajstić information content (AvgIpc) is 3.43. The molecule has 2 atom stereocenters. The number of nitrogens with two attached hydrogens (primary N) is 1. The minimum atomic E-state index is -0.938. The van der Waals surface area contributed by atoms with Crippen LogP contribution in [0.3, 0.4) is 0 Å². The summed E-state index contributed by atoms with van der Waals surface area (Å²) in [4.78, 5) is 59.5. The first-order chi connectivity index (χ1) is 16.9. The van der Waals surface area contributed by atoms with Crippen LogP contribution in [0.15, 0.2) is 42.0 Å². The van der Waals surface area contributed by atoms with Crippen molar-refractivity contribution in [3.8, 4) is 0 Å². The molecule has 0 bridgehead atoms. The summed E-state index contributed by atoms with van der Waals surface area (Å²) < 4.78 is 0. The summed E-state index contributed by atoms with van der Waals surface area (Å²) in [6.45, 7) is 0.506. The van der Waals surface area contributed by atoms with Gasteiger partial charge in [0.15, 0.2) is 0 Å². The van der Waals surface area contributed by atoms with Crippen molar-refractivity contribution >= 4 is 35.0 Å². The molecule has 3 heterocycles. The number of aromatic nitrogens is 1. The van der Waals surface area contributed by atoms with E-state index in [9.17, 15) is 19.2 Å². The predicted molar refractivity (Wildman–Crippen MR) is 132 cm³/mol. The number of thiophene rings is 1. The normalized spacial score (nSPS) is 19.7. The van der Waals surface area contributed by atoms with Crippen LogP contribution in [0.5, 0.6) is 0 Å². The Kier molecular flexibility index (Phi) is 8.12. The minimum absolute atomic E-state index is 0.0194. The van der Waals surface area contributed by atoms with Gasteiger partial charge in [-0.2, -0.15) is 0 Å². The van der Waals surface area contributed by atoms with Gasteiger partial charge in [0.05, 0.1) is 17.0 Å². The fourth-order valence-corrected chi connectivity index (χ4v) is 5.60. The Morgan fingerprint density at radius 3 is 2.54 bits per heavy atom. The highest BCUT2D eigenvalue weighted by atomic mass is 32.1. The number of carbonyl (C=O) groups excluding carboxylic acids is 4. The van der Waals surface area contributed by atoms with Crippen LogP contribution < -0.4 is 11.1 Å². The second-order valence-electron chi connectivity index (χ2n) is 9.19. The molecule has 0 spiro atoms. The van der Waals surface area contributed by atoms with Crippen molar-refractivity contribution in [1.29, 1.82) is 0 Å². The summed E-state index contributed by atoms with van der Waals surface area (Å²) in [5.41, 5.74) is 6.06. The Morgan fingerprint density at radius 2 is 1.89 bits per heavy atom. The maximum Gasteiger partial charge on any atom is 0.264 e. The lowest BCUT2D eigenvalue weighted by atomic mass is 9.84. The highest BCUT2D eigenvalue weighted by Gasteiger charge is 2.39. The molecule has 1 aliphatic heterocycles. The zero-order valence-electron chi connectivity index (χ0n) is 19.6. The molecule has 1 saturated heterocycles. The van der Waals surface area contributed by atoms with Crippen molar-refractivity contribution in [2.75, 3.05) is 19.6 Å². The first-order valence-electron chi connectivity index (χ1n) is 12.1. The molecule has 4 amide bonds. The molecule has 2 aromatic heterocycles. The Balaban J connectivity index is 1.52. The predicted octanol–water partition coefficient (Wildman–Crippen LogP) is 2.05. The topological polar surface area (TPSA) is 126 Å². The van der Waals surface area contributed by atoms with Crippen molar-refractivity contribution in [2.45, 2.75) is 50.6 Å². The van der Waals surface area contributed by atoms with Crippen LogP contribution in [-0.4, -0.2) is 70.1 Å². The summed E-state index contributed by atoms with van der Waals surface area (Å²) in [7, 11) is 0. The SMILES string of the molecule is NC(=O)[C@H](CC1CCCCC1)NC(=O)[C@@H]1CN(C(=O)c2cccnc2)CCN1C(=O)c1cccs1. The summed E-state index contributed by atoms with van der Waals surface area (Å²) in [5, 5.41) is 4.61. The van der Waals surface area contributed by atoms with Crippen molar-refractivity contribution < 1.29 is 19.2 Å². The van der Waals surface area contributed by atoms with Crippen LogP contribution in [-0.2, 0) is 9.59 Å². The maximum absolute atomic E-state index is 13.5. The summed E-state index contributed by atoms with van der Waals surface area (Å²) >= 11 is 1.30. The monoisotopic (exact) mass is 497 g/mol. The van der Waals surface area contributed by atoms with E-state index in [1.165, 1.54) is 28.9 Å². The van der Waals surface area contributed by atoms with Crippen molar-refractivity contribution in [1.82, 2.24) is 20.1 Å². The van der Waals surface area contributed by atoms with E-state index in [0.29, 0.717) is 22.8 Å². The lowest BCUT2D eigenvalue weighted by Gasteiger charge is -2.41. The largest absolute Gasteiger partial charge is 0.368 e. The molecule has 186 valence electrons. The lowest BCUT2D eigenvalue weighted by molar-refractivity contribution is -0.131. The number of rotatable bonds is 7. The van der Waals surface area contributed by atoms with Gasteiger partial charge in [-0.05, 0) is 35.9 Å². The van der Waals surface area contributed by atoms with Gasteiger partial charge in [0.2, 0.25) is 11.8 Å². The van der Waals surface area contributed by atoms with E-state index < -0.39 is 23.9 Å². The standard InChI is InChI=1S/C25H31N5O4S/c26-22(31)19(14-17-6-2-1-3-7-17)28-23(32)20-16-29(24(33)18-8-4-10-27-15-18)11-12-30(20)25(34)21-9-5-13-35-21/h4-5,8-10,13,15,17,19-20H,1-3,6-7,11-12,14,16H2,(H2,26,31)(H,28,32)/t19-,20-/m0/s1. The molecule has 1 aliphatic carbocycles. The Morgan fingerprint density at radius 1 is 1.09 bits per heavy atom. The van der Waals surface area contributed by atoms with E-state index in [0.717, 1.165) is 25.7 Å². The van der Waals surface area contributed by atoms with Gasteiger partial charge in [-0.15, -0.1) is 11.3 Å². The smallest absolute Gasteiger partial charge is 0.264 e. The molecule has 1 saturated carbocycles. The number of primary amides is 1. The number of nitrogens with zero attached hydrogens (tertiary/aromatic N) is 3. The number of pyridine rings is 1. The number of hydrogen-bond acceptors (Lipinski definition) is 6. The van der Waals surface area contributed by atoms with Gasteiger partial charge < -0.3 is 20.9 Å². The molecule has 3 N–H and O–H groups in total. The highest BCUT2D eigenvalue weighted by molar-refractivity contribution is 7.12. The van der Waals surface area contributed by atoms with E-state index in [1.54, 1.807) is 40.7 Å². The highest BCUT2D eigenvalue weighted by Crippen LogP contribution is 2.27. The zero-order chi connectivity index (χ0) is 24.8. The molecule has 9 nitrogen and oxygen atoms in total. The Hall–Kier alpha value is -3.27.